The summed E-state index contributed by atoms with van der Waals surface area (Å²) in [7, 11) is 0. The Labute approximate surface area is 167 Å². The van der Waals surface area contributed by atoms with E-state index in [0.29, 0.717) is 12.5 Å². The first kappa shape index (κ1) is 20.1. The Kier molecular flexibility index (Phi) is 5.74. The van der Waals surface area contributed by atoms with Crippen LogP contribution in [0.1, 0.15) is 75.2 Å². The summed E-state index contributed by atoms with van der Waals surface area (Å²) in [4.78, 5) is 19.8. The third-order valence-electron chi connectivity index (χ3n) is 6.33. The molecule has 0 aliphatic heterocycles. The molecule has 158 valence electrons. The molecule has 2 aliphatic carbocycles. The lowest BCUT2D eigenvalue weighted by Crippen LogP contribution is -2.36. The van der Waals surface area contributed by atoms with Crippen LogP contribution >= 0.6 is 0 Å². The van der Waals surface area contributed by atoms with Gasteiger partial charge in [-0.05, 0) is 50.5 Å². The minimum atomic E-state index is -4.58. The Hall–Kier alpha value is -2.19. The van der Waals surface area contributed by atoms with E-state index >= 15 is 0 Å². The highest BCUT2D eigenvalue weighted by atomic mass is 19.4. The lowest BCUT2D eigenvalue weighted by molar-refractivity contribution is -0.144. The van der Waals surface area contributed by atoms with Crippen molar-refractivity contribution in [2.75, 3.05) is 6.54 Å². The Morgan fingerprint density at radius 2 is 1.83 bits per heavy atom. The minimum absolute atomic E-state index is 0.0170. The van der Waals surface area contributed by atoms with E-state index in [-0.39, 0.29) is 23.5 Å². The maximum Gasteiger partial charge on any atom is 0.453 e. The van der Waals surface area contributed by atoms with Gasteiger partial charge >= 0.3 is 6.18 Å². The average Bonchev–Trinajstić information content (AvgIpc) is 3.18. The van der Waals surface area contributed by atoms with Gasteiger partial charge in [0.1, 0.15) is 0 Å². The van der Waals surface area contributed by atoms with Crippen LogP contribution in [0.5, 0.6) is 0 Å². The zero-order valence-corrected chi connectivity index (χ0v) is 16.3. The Morgan fingerprint density at radius 1 is 1.10 bits per heavy atom. The Balaban J connectivity index is 1.35. The molecule has 1 amide bonds. The molecule has 1 N–H and O–H groups in total. The van der Waals surface area contributed by atoms with Gasteiger partial charge in [0.25, 0.3) is 11.6 Å². The van der Waals surface area contributed by atoms with E-state index in [4.69, 9.17) is 0 Å². The summed E-state index contributed by atoms with van der Waals surface area (Å²) in [6.07, 6.45) is 5.98. The minimum Gasteiger partial charge on any atom is -0.356 e. The summed E-state index contributed by atoms with van der Waals surface area (Å²) in [5.41, 5.74) is 0.725. The molecule has 2 heterocycles. The first-order valence-electron chi connectivity index (χ1n) is 10.5. The largest absolute Gasteiger partial charge is 0.453 e. The number of alkyl halides is 3. The number of fused-ring (bicyclic) bond motifs is 1. The van der Waals surface area contributed by atoms with Crippen molar-refractivity contribution in [2.45, 2.75) is 69.9 Å². The highest BCUT2D eigenvalue weighted by molar-refractivity contribution is 5.78. The van der Waals surface area contributed by atoms with E-state index in [0.717, 1.165) is 57.1 Å². The van der Waals surface area contributed by atoms with Crippen molar-refractivity contribution in [3.63, 3.8) is 0 Å². The maximum absolute atomic E-state index is 12.9. The molecular formula is C20H26F3N5O. The second-order valence-electron chi connectivity index (χ2n) is 8.31. The van der Waals surface area contributed by atoms with E-state index in [1.807, 2.05) is 0 Å². The van der Waals surface area contributed by atoms with Gasteiger partial charge in [0.15, 0.2) is 0 Å². The van der Waals surface area contributed by atoms with Crippen LogP contribution in [0.3, 0.4) is 0 Å². The number of rotatable bonds is 4. The van der Waals surface area contributed by atoms with E-state index in [9.17, 15) is 18.0 Å². The third kappa shape index (κ3) is 4.53. The topological polar surface area (TPSA) is 72.2 Å². The number of hydrogen-bond acceptors (Lipinski definition) is 4. The average molecular weight is 409 g/mol. The first-order chi connectivity index (χ1) is 13.9. The molecule has 2 saturated carbocycles. The van der Waals surface area contributed by atoms with Gasteiger partial charge in [-0.2, -0.15) is 18.2 Å². The number of amides is 1. The molecule has 2 aromatic rings. The number of aromatic nitrogens is 4. The molecule has 2 aromatic heterocycles. The van der Waals surface area contributed by atoms with Crippen molar-refractivity contribution in [3.05, 3.63) is 23.8 Å². The number of nitrogens with zero attached hydrogens (tertiary/aromatic N) is 4. The van der Waals surface area contributed by atoms with Crippen LogP contribution in [0.25, 0.3) is 5.78 Å². The lowest BCUT2D eigenvalue weighted by Gasteiger charge is -2.29. The molecule has 0 aromatic carbocycles. The number of halogens is 3. The summed E-state index contributed by atoms with van der Waals surface area (Å²) < 4.78 is 40.0. The number of carbonyl (C=O) groups is 1. The monoisotopic (exact) mass is 409 g/mol. The molecule has 2 aliphatic rings. The molecule has 0 spiro atoms. The fourth-order valence-electron chi connectivity index (χ4n) is 4.66. The predicted molar refractivity (Wildman–Crippen MR) is 100 cm³/mol. The van der Waals surface area contributed by atoms with Crippen LogP contribution in [0.15, 0.2) is 12.3 Å². The molecule has 2 fully saturated rings. The van der Waals surface area contributed by atoms with Gasteiger partial charge in [0.05, 0.1) is 5.69 Å². The van der Waals surface area contributed by atoms with Crippen LogP contribution < -0.4 is 5.32 Å². The van der Waals surface area contributed by atoms with Crippen LogP contribution in [0, 0.1) is 11.8 Å². The van der Waals surface area contributed by atoms with Crippen LogP contribution in [0.2, 0.25) is 0 Å². The van der Waals surface area contributed by atoms with Gasteiger partial charge in [-0.25, -0.2) is 9.50 Å². The molecule has 4 rings (SSSR count). The quantitative estimate of drug-likeness (QED) is 0.825. The van der Waals surface area contributed by atoms with Crippen LogP contribution in [-0.4, -0.2) is 32.0 Å². The van der Waals surface area contributed by atoms with Crippen molar-refractivity contribution < 1.29 is 18.0 Å². The molecule has 0 radical (unpaired) electrons. The maximum atomic E-state index is 12.9. The summed E-state index contributed by atoms with van der Waals surface area (Å²) >= 11 is 0. The highest BCUT2D eigenvalue weighted by Gasteiger charge is 2.37. The summed E-state index contributed by atoms with van der Waals surface area (Å²) in [5, 5.41) is 6.78. The molecule has 0 atom stereocenters. The first-order valence-corrected chi connectivity index (χ1v) is 10.5. The number of carbonyl (C=O) groups excluding carboxylic acids is 1. The fourth-order valence-corrected chi connectivity index (χ4v) is 4.66. The molecule has 29 heavy (non-hydrogen) atoms. The van der Waals surface area contributed by atoms with E-state index in [1.165, 1.54) is 17.1 Å². The molecule has 0 saturated heterocycles. The number of hydrogen-bond donors (Lipinski definition) is 1. The SMILES string of the molecule is O=C(NCC1CCC(c2ccnc3nc(C(F)(F)F)nn23)CC1)C1CCCCC1. The Bertz CT molecular complexity index is 851. The zero-order valence-electron chi connectivity index (χ0n) is 16.3. The van der Waals surface area contributed by atoms with Crippen molar-refractivity contribution in [3.8, 4) is 0 Å². The normalized spacial score (nSPS) is 24.0. The second kappa shape index (κ2) is 8.28. The summed E-state index contributed by atoms with van der Waals surface area (Å²) in [6, 6.07) is 1.73. The van der Waals surface area contributed by atoms with Gasteiger partial charge in [-0.15, -0.1) is 5.10 Å². The molecule has 0 unspecified atom stereocenters. The van der Waals surface area contributed by atoms with Crippen molar-refractivity contribution in [1.29, 1.82) is 0 Å². The zero-order chi connectivity index (χ0) is 20.4. The predicted octanol–water partition coefficient (Wildman–Crippen LogP) is 4.11. The lowest BCUT2D eigenvalue weighted by atomic mass is 9.80. The highest BCUT2D eigenvalue weighted by Crippen LogP contribution is 2.36. The van der Waals surface area contributed by atoms with E-state index < -0.39 is 12.0 Å². The number of nitrogens with one attached hydrogen (secondary N) is 1. The van der Waals surface area contributed by atoms with Crippen molar-refractivity contribution in [2.24, 2.45) is 11.8 Å². The molecule has 6 nitrogen and oxygen atoms in total. The van der Waals surface area contributed by atoms with E-state index in [1.54, 1.807) is 6.07 Å². The second-order valence-corrected chi connectivity index (χ2v) is 8.31. The van der Waals surface area contributed by atoms with Gasteiger partial charge < -0.3 is 5.32 Å². The Morgan fingerprint density at radius 3 is 2.52 bits per heavy atom. The van der Waals surface area contributed by atoms with E-state index in [2.05, 4.69) is 20.4 Å². The van der Waals surface area contributed by atoms with Gasteiger partial charge in [0.2, 0.25) is 5.91 Å². The fraction of sp³-hybridized carbons (Fsp3) is 0.700. The van der Waals surface area contributed by atoms with Crippen molar-refractivity contribution >= 4 is 11.7 Å². The third-order valence-corrected chi connectivity index (χ3v) is 6.33. The van der Waals surface area contributed by atoms with Crippen LogP contribution in [0.4, 0.5) is 13.2 Å². The smallest absolute Gasteiger partial charge is 0.356 e. The summed E-state index contributed by atoms with van der Waals surface area (Å²) in [5.74, 6) is -0.287. The van der Waals surface area contributed by atoms with Crippen molar-refractivity contribution in [1.82, 2.24) is 24.9 Å². The molecule has 0 bridgehead atoms. The van der Waals surface area contributed by atoms with Crippen LogP contribution in [-0.2, 0) is 11.0 Å². The van der Waals surface area contributed by atoms with Gasteiger partial charge in [-0.3, -0.25) is 4.79 Å². The van der Waals surface area contributed by atoms with Gasteiger partial charge in [-0.1, -0.05) is 19.3 Å². The standard InChI is InChI=1S/C20H26F3N5O/c21-20(22,23)18-26-19-24-11-10-16(28(19)27-18)14-8-6-13(7-9-14)12-25-17(29)15-4-2-1-3-5-15/h10-11,13-15H,1-9,12H2,(H,25,29). The molecule has 9 heteroatoms. The summed E-state index contributed by atoms with van der Waals surface area (Å²) in [6.45, 7) is 0.690. The molecular weight excluding hydrogens is 383 g/mol. The van der Waals surface area contributed by atoms with Gasteiger partial charge in [0, 0.05) is 24.6 Å².